The van der Waals surface area contributed by atoms with Crippen molar-refractivity contribution in [2.45, 2.75) is 38.5 Å². The predicted molar refractivity (Wildman–Crippen MR) is 198 cm³/mol. The molecule has 2 N–H and O–H groups in total. The molecular weight excluding hydrogens is 643 g/mol. The number of hydrogen-bond acceptors (Lipinski definition) is 8. The lowest BCUT2D eigenvalue weighted by Gasteiger charge is -2.26. The van der Waals surface area contributed by atoms with Gasteiger partial charge in [-0.1, -0.05) is 112 Å². The van der Waals surface area contributed by atoms with E-state index >= 15 is 0 Å². The van der Waals surface area contributed by atoms with Crippen molar-refractivity contribution >= 4 is 56.6 Å². The Hall–Kier alpha value is -4.66. The van der Waals surface area contributed by atoms with Crippen LogP contribution < -0.4 is 20.1 Å². The summed E-state index contributed by atoms with van der Waals surface area (Å²) in [4.78, 5) is 17.4. The number of halogens is 2. The van der Waals surface area contributed by atoms with Gasteiger partial charge in [-0.3, -0.25) is 0 Å². The van der Waals surface area contributed by atoms with Gasteiger partial charge in [0.05, 0.1) is 46.1 Å². The number of aromatic nitrogens is 4. The summed E-state index contributed by atoms with van der Waals surface area (Å²) in [6.45, 7) is 10.2. The molecule has 0 fully saturated rings. The van der Waals surface area contributed by atoms with Crippen molar-refractivity contribution in [3.8, 4) is 11.5 Å². The van der Waals surface area contributed by atoms with Gasteiger partial charge >= 0.3 is 0 Å². The van der Waals surface area contributed by atoms with E-state index in [0.717, 1.165) is 41.0 Å². The van der Waals surface area contributed by atoms with Gasteiger partial charge in [0.2, 0.25) is 0 Å². The molecular formula is C38H40Cl2N6O2. The Morgan fingerprint density at radius 3 is 1.65 bits per heavy atom. The highest BCUT2D eigenvalue weighted by Crippen LogP contribution is 2.37. The fourth-order valence-electron chi connectivity index (χ4n) is 5.44. The highest BCUT2D eigenvalue weighted by Gasteiger charge is 2.23. The minimum absolute atomic E-state index is 0.0512. The lowest BCUT2D eigenvalue weighted by molar-refractivity contribution is 0.419. The van der Waals surface area contributed by atoms with E-state index in [1.165, 1.54) is 17.5 Å². The van der Waals surface area contributed by atoms with E-state index in [9.17, 15) is 0 Å². The summed E-state index contributed by atoms with van der Waals surface area (Å²) < 4.78 is 10.9. The van der Waals surface area contributed by atoms with Crippen LogP contribution in [0.3, 0.4) is 0 Å². The van der Waals surface area contributed by atoms with Crippen molar-refractivity contribution < 1.29 is 9.47 Å². The molecule has 0 amide bonds. The van der Waals surface area contributed by atoms with Crippen LogP contribution in [0.5, 0.6) is 11.5 Å². The van der Waals surface area contributed by atoms with E-state index in [1.807, 2.05) is 24.3 Å². The Morgan fingerprint density at radius 1 is 0.583 bits per heavy atom. The number of benzene rings is 4. The summed E-state index contributed by atoms with van der Waals surface area (Å²) in [7, 11) is 3.23. The zero-order valence-corrected chi connectivity index (χ0v) is 29.5. The second kappa shape index (κ2) is 15.0. The normalized spacial score (nSPS) is 11.5. The minimum Gasteiger partial charge on any atom is -0.496 e. The van der Waals surface area contributed by atoms with Gasteiger partial charge in [0.1, 0.15) is 30.0 Å². The van der Waals surface area contributed by atoms with Gasteiger partial charge in [-0.15, -0.1) is 0 Å². The first-order chi connectivity index (χ1) is 23.1. The van der Waals surface area contributed by atoms with Crippen LogP contribution in [0.4, 0.5) is 11.6 Å². The Kier molecular flexibility index (Phi) is 10.9. The quantitative estimate of drug-likeness (QED) is 0.148. The van der Waals surface area contributed by atoms with Crippen LogP contribution in [0, 0.1) is 0 Å². The van der Waals surface area contributed by atoms with Crippen LogP contribution in [0.1, 0.15) is 38.8 Å². The first-order valence-corrected chi connectivity index (χ1v) is 16.3. The van der Waals surface area contributed by atoms with E-state index in [2.05, 4.69) is 107 Å². The third-order valence-electron chi connectivity index (χ3n) is 8.34. The standard InChI is InChI=1S/2C19H20ClN3O/c1-19(2,13-7-5-4-6-8-13)11-21-18-16-15(24-3)10-9-14(20)17(16)22-12-23-18;1-19(2,13-7-5-4-6-8-13)11-21-18-16-15(22-12-23-18)10-9-14(20)17(16)24-3/h2*4-10,12H,11H2,1-3H3,(H,21,22,23). The molecule has 2 aromatic heterocycles. The molecule has 0 aliphatic rings. The Morgan fingerprint density at radius 2 is 1.10 bits per heavy atom. The van der Waals surface area contributed by atoms with Gasteiger partial charge in [0, 0.05) is 23.9 Å². The number of rotatable bonds is 10. The molecule has 0 radical (unpaired) electrons. The molecule has 6 rings (SSSR count). The van der Waals surface area contributed by atoms with Crippen molar-refractivity contribution in [3.05, 3.63) is 119 Å². The van der Waals surface area contributed by atoms with Crippen molar-refractivity contribution in [3.63, 3.8) is 0 Å². The highest BCUT2D eigenvalue weighted by atomic mass is 35.5. The molecule has 0 spiro atoms. The Labute approximate surface area is 291 Å². The zero-order valence-electron chi connectivity index (χ0n) is 28.0. The highest BCUT2D eigenvalue weighted by molar-refractivity contribution is 6.35. The average molecular weight is 684 g/mol. The molecule has 48 heavy (non-hydrogen) atoms. The second-order valence-corrected chi connectivity index (χ2v) is 13.4. The molecule has 8 nitrogen and oxygen atoms in total. The monoisotopic (exact) mass is 682 g/mol. The molecule has 10 heteroatoms. The van der Waals surface area contributed by atoms with Gasteiger partial charge in [0.15, 0.2) is 5.75 Å². The fourth-order valence-corrected chi connectivity index (χ4v) is 5.88. The van der Waals surface area contributed by atoms with Crippen LogP contribution in [-0.2, 0) is 10.8 Å². The average Bonchev–Trinajstić information content (AvgIpc) is 3.11. The number of methoxy groups -OCH3 is 2. The zero-order chi connectivity index (χ0) is 34.3. The molecule has 0 unspecified atom stereocenters. The summed E-state index contributed by atoms with van der Waals surface area (Å²) in [6, 6.07) is 28.1. The topological polar surface area (TPSA) is 94.1 Å². The summed E-state index contributed by atoms with van der Waals surface area (Å²) in [5.41, 5.74) is 3.91. The van der Waals surface area contributed by atoms with Crippen molar-refractivity contribution in [1.82, 2.24) is 19.9 Å². The van der Waals surface area contributed by atoms with E-state index in [-0.39, 0.29) is 10.8 Å². The third kappa shape index (κ3) is 7.72. The molecule has 0 atom stereocenters. The van der Waals surface area contributed by atoms with Gasteiger partial charge in [-0.25, -0.2) is 19.9 Å². The molecule has 0 saturated carbocycles. The number of hydrogen-bond donors (Lipinski definition) is 2. The van der Waals surface area contributed by atoms with Crippen LogP contribution in [0.15, 0.2) is 97.6 Å². The number of ether oxygens (including phenoxy) is 2. The maximum absolute atomic E-state index is 6.27. The van der Waals surface area contributed by atoms with Crippen LogP contribution in [0.25, 0.3) is 21.8 Å². The van der Waals surface area contributed by atoms with E-state index in [0.29, 0.717) is 27.1 Å². The van der Waals surface area contributed by atoms with Gasteiger partial charge in [0.25, 0.3) is 0 Å². The van der Waals surface area contributed by atoms with Crippen molar-refractivity contribution in [2.24, 2.45) is 0 Å². The number of anilines is 2. The van der Waals surface area contributed by atoms with Gasteiger partial charge in [-0.05, 0) is 35.4 Å². The van der Waals surface area contributed by atoms with Crippen molar-refractivity contribution in [1.29, 1.82) is 0 Å². The molecule has 248 valence electrons. The number of nitrogens with one attached hydrogen (secondary N) is 2. The molecule has 4 aromatic carbocycles. The summed E-state index contributed by atoms with van der Waals surface area (Å²) in [5, 5.41) is 9.61. The largest absolute Gasteiger partial charge is 0.496 e. The first-order valence-electron chi connectivity index (χ1n) is 15.6. The van der Waals surface area contributed by atoms with E-state index in [1.54, 1.807) is 32.7 Å². The fraction of sp³-hybridized carbons (Fsp3) is 0.263. The minimum atomic E-state index is -0.0512. The lowest BCUT2D eigenvalue weighted by Crippen LogP contribution is -2.28. The van der Waals surface area contributed by atoms with Crippen LogP contribution in [0.2, 0.25) is 10.0 Å². The summed E-state index contributed by atoms with van der Waals surface area (Å²) in [6.07, 6.45) is 3.07. The SMILES string of the molecule is COc1c(Cl)ccc2ncnc(NCC(C)(C)c3ccccc3)c12.COc1ccc(Cl)c2ncnc(NCC(C)(C)c3ccccc3)c12. The van der Waals surface area contributed by atoms with Gasteiger partial charge < -0.3 is 20.1 Å². The smallest absolute Gasteiger partial charge is 0.150 e. The molecule has 0 bridgehead atoms. The molecule has 0 saturated heterocycles. The van der Waals surface area contributed by atoms with E-state index < -0.39 is 0 Å². The molecule has 0 aliphatic heterocycles. The molecule has 6 aromatic rings. The molecule has 0 aliphatic carbocycles. The second-order valence-electron chi connectivity index (χ2n) is 12.6. The first kappa shape index (κ1) is 34.7. The lowest BCUT2D eigenvalue weighted by atomic mass is 9.84. The summed E-state index contributed by atoms with van der Waals surface area (Å²) in [5.74, 6) is 2.75. The maximum atomic E-state index is 6.27. The van der Waals surface area contributed by atoms with Gasteiger partial charge in [-0.2, -0.15) is 0 Å². The molecule has 2 heterocycles. The Bertz CT molecular complexity index is 1920. The number of fused-ring (bicyclic) bond motifs is 2. The summed E-state index contributed by atoms with van der Waals surface area (Å²) >= 11 is 12.5. The predicted octanol–water partition coefficient (Wildman–Crippen LogP) is 9.36. The van der Waals surface area contributed by atoms with E-state index in [4.69, 9.17) is 32.7 Å². The van der Waals surface area contributed by atoms with Crippen LogP contribution in [-0.4, -0.2) is 47.2 Å². The number of nitrogens with zero attached hydrogens (tertiary/aromatic N) is 4. The van der Waals surface area contributed by atoms with Crippen LogP contribution >= 0.6 is 23.2 Å². The third-order valence-corrected chi connectivity index (χ3v) is 8.94. The Balaban J connectivity index is 0.000000188. The van der Waals surface area contributed by atoms with Crippen molar-refractivity contribution in [2.75, 3.05) is 37.9 Å². The maximum Gasteiger partial charge on any atom is 0.150 e.